The number of carboxylic acids is 1. The van der Waals surface area contributed by atoms with Gasteiger partial charge in [-0.15, -0.1) is 0 Å². The van der Waals surface area contributed by atoms with Crippen LogP contribution < -0.4 is 5.32 Å². The summed E-state index contributed by atoms with van der Waals surface area (Å²) in [4.78, 5) is 20.1. The van der Waals surface area contributed by atoms with Gasteiger partial charge in [-0.3, -0.25) is 4.98 Å². The third kappa shape index (κ3) is 4.48. The molecule has 0 spiro atoms. The Bertz CT molecular complexity index is 1140. The van der Waals surface area contributed by atoms with Crippen molar-refractivity contribution in [1.82, 2.24) is 20.1 Å². The number of thiocarbonyl (C=S) groups is 1. The van der Waals surface area contributed by atoms with E-state index in [4.69, 9.17) is 28.2 Å². The van der Waals surface area contributed by atoms with E-state index < -0.39 is 5.97 Å². The summed E-state index contributed by atoms with van der Waals surface area (Å²) in [5.41, 5.74) is 1.53. The summed E-state index contributed by atoms with van der Waals surface area (Å²) < 4.78 is 6.25. The quantitative estimate of drug-likeness (QED) is 0.496. The molecule has 1 aliphatic rings. The number of benzene rings is 1. The molecule has 1 saturated heterocycles. The van der Waals surface area contributed by atoms with E-state index in [1.165, 1.54) is 12.1 Å². The van der Waals surface area contributed by atoms with Crippen LogP contribution in [0.15, 0.2) is 59.1 Å². The second-order valence-corrected chi connectivity index (χ2v) is 8.62. The number of rotatable bonds is 7. The molecule has 166 valence electrons. The predicted octanol–water partition coefficient (Wildman–Crippen LogP) is 4.23. The minimum atomic E-state index is -1.02. The largest absolute Gasteiger partial charge is 0.478 e. The summed E-state index contributed by atoms with van der Waals surface area (Å²) in [7, 11) is 4.03. The van der Waals surface area contributed by atoms with Gasteiger partial charge in [0.15, 0.2) is 5.11 Å². The third-order valence-electron chi connectivity index (χ3n) is 5.38. The molecule has 1 fully saturated rings. The molecule has 0 bridgehead atoms. The summed E-state index contributed by atoms with van der Waals surface area (Å²) in [5, 5.41) is 13.8. The molecule has 9 heteroatoms. The van der Waals surface area contributed by atoms with Crippen molar-refractivity contribution >= 4 is 34.9 Å². The van der Waals surface area contributed by atoms with Crippen LogP contribution in [0.5, 0.6) is 0 Å². The first kappa shape index (κ1) is 22.3. The Morgan fingerprint density at radius 3 is 2.78 bits per heavy atom. The molecular weight excluding hydrogens is 448 g/mol. The molecule has 0 saturated carbocycles. The molecule has 1 aliphatic heterocycles. The SMILES string of the molecule is CN(C)CCN1C(=S)NC(c2ccccn2)C1c1ccc(-c2cc(C(=O)O)ccc2Cl)o1. The monoisotopic (exact) mass is 470 g/mol. The maximum atomic E-state index is 11.4. The van der Waals surface area contributed by atoms with E-state index in [9.17, 15) is 9.90 Å². The highest BCUT2D eigenvalue weighted by Gasteiger charge is 2.41. The lowest BCUT2D eigenvalue weighted by Gasteiger charge is -2.27. The Morgan fingerprint density at radius 2 is 2.09 bits per heavy atom. The Labute approximate surface area is 196 Å². The van der Waals surface area contributed by atoms with Gasteiger partial charge in [-0.2, -0.15) is 0 Å². The average molecular weight is 471 g/mol. The van der Waals surface area contributed by atoms with Gasteiger partial charge in [0.2, 0.25) is 0 Å². The van der Waals surface area contributed by atoms with Crippen molar-refractivity contribution < 1.29 is 14.3 Å². The van der Waals surface area contributed by atoms with Gasteiger partial charge in [0.05, 0.1) is 22.3 Å². The molecule has 2 atom stereocenters. The molecule has 1 aromatic carbocycles. The molecule has 3 aromatic rings. The van der Waals surface area contributed by atoms with Gasteiger partial charge in [-0.1, -0.05) is 17.7 Å². The van der Waals surface area contributed by atoms with Crippen molar-refractivity contribution in [2.24, 2.45) is 0 Å². The fourth-order valence-electron chi connectivity index (χ4n) is 3.77. The van der Waals surface area contributed by atoms with Crippen molar-refractivity contribution in [1.29, 1.82) is 0 Å². The summed E-state index contributed by atoms with van der Waals surface area (Å²) in [6.07, 6.45) is 1.75. The van der Waals surface area contributed by atoms with Crippen LogP contribution in [0.3, 0.4) is 0 Å². The van der Waals surface area contributed by atoms with E-state index in [-0.39, 0.29) is 17.6 Å². The van der Waals surface area contributed by atoms with Crippen LogP contribution in [0.4, 0.5) is 0 Å². The van der Waals surface area contributed by atoms with E-state index >= 15 is 0 Å². The first-order chi connectivity index (χ1) is 15.3. The van der Waals surface area contributed by atoms with Crippen LogP contribution in [-0.4, -0.2) is 58.2 Å². The third-order valence-corrected chi connectivity index (χ3v) is 6.06. The Morgan fingerprint density at radius 1 is 1.28 bits per heavy atom. The number of halogens is 1. The maximum Gasteiger partial charge on any atom is 0.335 e. The Kier molecular flexibility index (Phi) is 6.45. The standard InChI is InChI=1S/C23H23ClN4O3S/c1-27(2)11-12-28-21(20(26-23(28)32)17-5-3-4-10-25-17)19-9-8-18(31-19)15-13-14(22(29)30)6-7-16(15)24/h3-10,13,20-21H,11-12H2,1-2H3,(H,26,32)(H,29,30). The van der Waals surface area contributed by atoms with Crippen molar-refractivity contribution in [3.05, 3.63) is 76.8 Å². The van der Waals surface area contributed by atoms with Crippen molar-refractivity contribution in [3.8, 4) is 11.3 Å². The number of furan rings is 1. The number of nitrogens with one attached hydrogen (secondary N) is 1. The highest BCUT2D eigenvalue weighted by Crippen LogP contribution is 2.41. The zero-order valence-electron chi connectivity index (χ0n) is 17.7. The van der Waals surface area contributed by atoms with Gasteiger partial charge in [-0.25, -0.2) is 4.79 Å². The van der Waals surface area contributed by atoms with Crippen LogP contribution in [-0.2, 0) is 0 Å². The first-order valence-electron chi connectivity index (χ1n) is 10.1. The average Bonchev–Trinajstić information content (AvgIpc) is 3.37. The number of aromatic nitrogens is 1. The summed E-state index contributed by atoms with van der Waals surface area (Å²) in [6.45, 7) is 1.52. The fourth-order valence-corrected chi connectivity index (χ4v) is 4.31. The number of likely N-dealkylation sites (N-methyl/N-ethyl adjacent to an activating group) is 1. The lowest BCUT2D eigenvalue weighted by Crippen LogP contribution is -2.35. The molecule has 4 rings (SSSR count). The van der Waals surface area contributed by atoms with Crippen LogP contribution >= 0.6 is 23.8 Å². The lowest BCUT2D eigenvalue weighted by atomic mass is 10.0. The van der Waals surface area contributed by atoms with E-state index in [1.54, 1.807) is 12.3 Å². The minimum absolute atomic E-state index is 0.144. The Balaban J connectivity index is 1.73. The van der Waals surface area contributed by atoms with Gasteiger partial charge >= 0.3 is 5.97 Å². The highest BCUT2D eigenvalue weighted by atomic mass is 35.5. The van der Waals surface area contributed by atoms with Crippen LogP contribution in [0.1, 0.15) is 33.9 Å². The first-order valence-corrected chi connectivity index (χ1v) is 10.9. The van der Waals surface area contributed by atoms with Crippen LogP contribution in [0.2, 0.25) is 5.02 Å². The summed E-state index contributed by atoms with van der Waals surface area (Å²) in [5.74, 6) is 0.168. The van der Waals surface area contributed by atoms with Gasteiger partial charge in [-0.05, 0) is 68.8 Å². The van der Waals surface area contributed by atoms with Crippen LogP contribution in [0, 0.1) is 0 Å². The zero-order valence-corrected chi connectivity index (χ0v) is 19.2. The number of carboxylic acid groups (broad SMARTS) is 1. The van der Waals surface area contributed by atoms with Crippen molar-refractivity contribution in [2.45, 2.75) is 12.1 Å². The van der Waals surface area contributed by atoms with Gasteiger partial charge in [0.25, 0.3) is 0 Å². The highest BCUT2D eigenvalue weighted by molar-refractivity contribution is 7.80. The number of hydrogen-bond acceptors (Lipinski definition) is 5. The summed E-state index contributed by atoms with van der Waals surface area (Å²) >= 11 is 12.0. The molecule has 2 N–H and O–H groups in total. The van der Waals surface area contributed by atoms with E-state index in [1.807, 2.05) is 44.4 Å². The number of aromatic carboxylic acids is 1. The maximum absolute atomic E-state index is 11.4. The normalized spacial score (nSPS) is 18.2. The molecular formula is C23H23ClN4O3S. The number of pyridine rings is 1. The molecule has 7 nitrogen and oxygen atoms in total. The topological polar surface area (TPSA) is 81.8 Å². The second kappa shape index (κ2) is 9.28. The van der Waals surface area contributed by atoms with Crippen molar-refractivity contribution in [2.75, 3.05) is 27.2 Å². The molecule has 2 aromatic heterocycles. The van der Waals surface area contributed by atoms with Gasteiger partial charge < -0.3 is 24.6 Å². The number of nitrogens with zero attached hydrogens (tertiary/aromatic N) is 3. The van der Waals surface area contributed by atoms with Crippen LogP contribution in [0.25, 0.3) is 11.3 Å². The van der Waals surface area contributed by atoms with E-state index in [0.29, 0.717) is 33.8 Å². The number of hydrogen-bond donors (Lipinski definition) is 2. The second-order valence-electron chi connectivity index (χ2n) is 7.83. The fraction of sp³-hybridized carbons (Fsp3) is 0.261. The molecule has 0 amide bonds. The smallest absolute Gasteiger partial charge is 0.335 e. The van der Waals surface area contributed by atoms with E-state index in [0.717, 1.165) is 12.2 Å². The molecule has 0 radical (unpaired) electrons. The predicted molar refractivity (Wildman–Crippen MR) is 127 cm³/mol. The molecule has 0 aliphatic carbocycles. The van der Waals surface area contributed by atoms with E-state index in [2.05, 4.69) is 20.1 Å². The minimum Gasteiger partial charge on any atom is -0.478 e. The molecule has 32 heavy (non-hydrogen) atoms. The van der Waals surface area contributed by atoms with Gasteiger partial charge in [0.1, 0.15) is 17.6 Å². The molecule has 2 unspecified atom stereocenters. The zero-order chi connectivity index (χ0) is 22.8. The lowest BCUT2D eigenvalue weighted by molar-refractivity contribution is 0.0697. The Hall–Kier alpha value is -2.94. The molecule has 3 heterocycles. The van der Waals surface area contributed by atoms with Crippen molar-refractivity contribution in [3.63, 3.8) is 0 Å². The number of carbonyl (C=O) groups is 1. The van der Waals surface area contributed by atoms with Gasteiger partial charge in [0, 0.05) is 24.8 Å². The summed E-state index contributed by atoms with van der Waals surface area (Å²) in [6, 6.07) is 13.6.